The fourth-order valence-electron chi connectivity index (χ4n) is 1.79. The van der Waals surface area contributed by atoms with E-state index in [1.165, 1.54) is 12.1 Å². The lowest BCUT2D eigenvalue weighted by Gasteiger charge is -2.03. The molecule has 2 aromatic rings. The second kappa shape index (κ2) is 7.17. The average Bonchev–Trinajstić information content (AvgIpc) is 2.50. The first kappa shape index (κ1) is 15.4. The third-order valence-electron chi connectivity index (χ3n) is 2.96. The Labute approximate surface area is 128 Å². The minimum atomic E-state index is -0.993. The molecule has 0 saturated carbocycles. The molecular weight excluding hydrogens is 280 g/mol. The summed E-state index contributed by atoms with van der Waals surface area (Å²) in [6.45, 7) is 1.91. The highest BCUT2D eigenvalue weighted by Gasteiger charge is 2.03. The van der Waals surface area contributed by atoms with Gasteiger partial charge in [0.1, 0.15) is 0 Å². The van der Waals surface area contributed by atoms with E-state index in [-0.39, 0.29) is 17.9 Å². The van der Waals surface area contributed by atoms with Crippen LogP contribution in [0.4, 0.5) is 5.69 Å². The lowest BCUT2D eigenvalue weighted by atomic mass is 10.2. The number of carbonyl (C=O) groups is 2. The molecular formula is C17H16N2O3. The van der Waals surface area contributed by atoms with Crippen molar-refractivity contribution in [3.63, 3.8) is 0 Å². The largest absolute Gasteiger partial charge is 0.478 e. The Hall–Kier alpha value is -2.95. The van der Waals surface area contributed by atoms with Crippen molar-refractivity contribution in [1.82, 2.24) is 4.98 Å². The standard InChI is InChI=1S/C17H16N2O3/c1-12-5-6-13(11-18-12)3-2-4-16(20)19-15-9-7-14(8-10-15)17(21)22/h2-3,5-11H,4H2,1H3,(H,19,20)(H,21,22)/b3-2+. The molecule has 22 heavy (non-hydrogen) atoms. The number of benzene rings is 1. The Morgan fingerprint density at radius 1 is 1.18 bits per heavy atom. The molecule has 5 nitrogen and oxygen atoms in total. The van der Waals surface area contributed by atoms with Gasteiger partial charge >= 0.3 is 5.97 Å². The first-order valence-electron chi connectivity index (χ1n) is 6.77. The first-order valence-corrected chi connectivity index (χ1v) is 6.77. The molecule has 0 aliphatic heterocycles. The molecule has 0 spiro atoms. The predicted octanol–water partition coefficient (Wildman–Crippen LogP) is 3.13. The summed E-state index contributed by atoms with van der Waals surface area (Å²) < 4.78 is 0. The Morgan fingerprint density at radius 3 is 2.50 bits per heavy atom. The lowest BCUT2D eigenvalue weighted by Crippen LogP contribution is -2.10. The number of aromatic carboxylic acids is 1. The van der Waals surface area contributed by atoms with Crippen molar-refractivity contribution in [2.24, 2.45) is 0 Å². The van der Waals surface area contributed by atoms with E-state index in [1.54, 1.807) is 24.4 Å². The topological polar surface area (TPSA) is 79.3 Å². The smallest absolute Gasteiger partial charge is 0.335 e. The third kappa shape index (κ3) is 4.56. The van der Waals surface area contributed by atoms with Crippen molar-refractivity contribution >= 4 is 23.6 Å². The number of carboxylic acid groups (broad SMARTS) is 1. The number of amides is 1. The summed E-state index contributed by atoms with van der Waals surface area (Å²) in [5.74, 6) is -1.16. The van der Waals surface area contributed by atoms with Crippen LogP contribution in [0.5, 0.6) is 0 Å². The molecule has 0 aliphatic rings. The number of rotatable bonds is 5. The molecule has 1 aromatic carbocycles. The minimum absolute atomic E-state index is 0.167. The number of carboxylic acids is 1. The Morgan fingerprint density at radius 2 is 1.91 bits per heavy atom. The number of anilines is 1. The van der Waals surface area contributed by atoms with Gasteiger partial charge in [0.15, 0.2) is 0 Å². The molecule has 0 atom stereocenters. The zero-order valence-electron chi connectivity index (χ0n) is 12.1. The third-order valence-corrected chi connectivity index (χ3v) is 2.96. The number of pyridine rings is 1. The van der Waals surface area contributed by atoms with E-state index in [4.69, 9.17) is 5.11 Å². The van der Waals surface area contributed by atoms with Gasteiger partial charge in [0.2, 0.25) is 5.91 Å². The number of nitrogens with zero attached hydrogens (tertiary/aromatic N) is 1. The molecule has 1 aromatic heterocycles. The van der Waals surface area contributed by atoms with Crippen LogP contribution in [0.15, 0.2) is 48.7 Å². The summed E-state index contributed by atoms with van der Waals surface area (Å²) in [5, 5.41) is 11.5. The SMILES string of the molecule is Cc1ccc(/C=C/CC(=O)Nc2ccc(C(=O)O)cc2)cn1. The summed E-state index contributed by atoms with van der Waals surface area (Å²) >= 11 is 0. The summed E-state index contributed by atoms with van der Waals surface area (Å²) in [4.78, 5) is 26.7. The van der Waals surface area contributed by atoms with Gasteiger partial charge in [-0.3, -0.25) is 9.78 Å². The van der Waals surface area contributed by atoms with Gasteiger partial charge in [0, 0.05) is 24.0 Å². The zero-order valence-corrected chi connectivity index (χ0v) is 12.1. The number of nitrogens with one attached hydrogen (secondary N) is 1. The van der Waals surface area contributed by atoms with Crippen molar-refractivity contribution in [2.75, 3.05) is 5.32 Å². The molecule has 0 radical (unpaired) electrons. The molecule has 5 heteroatoms. The van der Waals surface area contributed by atoms with Crippen LogP contribution >= 0.6 is 0 Å². The average molecular weight is 296 g/mol. The maximum atomic E-state index is 11.8. The molecule has 0 unspecified atom stereocenters. The van der Waals surface area contributed by atoms with Crippen LogP contribution in [0.25, 0.3) is 6.08 Å². The van der Waals surface area contributed by atoms with E-state index in [2.05, 4.69) is 10.3 Å². The maximum absolute atomic E-state index is 11.8. The van der Waals surface area contributed by atoms with Crippen LogP contribution in [0.2, 0.25) is 0 Å². The summed E-state index contributed by atoms with van der Waals surface area (Å²) in [6, 6.07) is 9.87. The van der Waals surface area contributed by atoms with E-state index < -0.39 is 5.97 Å². The number of aromatic nitrogens is 1. The summed E-state index contributed by atoms with van der Waals surface area (Å²) in [6.07, 6.45) is 5.57. The Balaban J connectivity index is 1.87. The van der Waals surface area contributed by atoms with Crippen LogP contribution < -0.4 is 5.32 Å². The van der Waals surface area contributed by atoms with Crippen LogP contribution in [-0.4, -0.2) is 22.0 Å². The number of hydrogen-bond acceptors (Lipinski definition) is 3. The van der Waals surface area contributed by atoms with Crippen LogP contribution in [0, 0.1) is 6.92 Å². The van der Waals surface area contributed by atoms with E-state index in [1.807, 2.05) is 25.1 Å². The van der Waals surface area contributed by atoms with Crippen molar-refractivity contribution in [3.8, 4) is 0 Å². The summed E-state index contributed by atoms with van der Waals surface area (Å²) in [5.41, 5.74) is 2.63. The number of carbonyl (C=O) groups excluding carboxylic acids is 1. The maximum Gasteiger partial charge on any atom is 0.335 e. The van der Waals surface area contributed by atoms with E-state index in [0.717, 1.165) is 11.3 Å². The van der Waals surface area contributed by atoms with Crippen LogP contribution in [-0.2, 0) is 4.79 Å². The molecule has 0 bridgehead atoms. The minimum Gasteiger partial charge on any atom is -0.478 e. The van der Waals surface area contributed by atoms with E-state index >= 15 is 0 Å². The van der Waals surface area contributed by atoms with Gasteiger partial charge < -0.3 is 10.4 Å². The molecule has 0 aliphatic carbocycles. The van der Waals surface area contributed by atoms with Crippen molar-refractivity contribution in [2.45, 2.75) is 13.3 Å². The van der Waals surface area contributed by atoms with Gasteiger partial charge in [-0.05, 0) is 42.8 Å². The van der Waals surface area contributed by atoms with Gasteiger partial charge in [-0.25, -0.2) is 4.79 Å². The van der Waals surface area contributed by atoms with Crippen LogP contribution in [0.3, 0.4) is 0 Å². The second-order valence-corrected chi connectivity index (χ2v) is 4.77. The molecule has 2 rings (SSSR count). The lowest BCUT2D eigenvalue weighted by molar-refractivity contribution is -0.115. The van der Waals surface area contributed by atoms with Crippen molar-refractivity contribution < 1.29 is 14.7 Å². The van der Waals surface area contributed by atoms with Crippen molar-refractivity contribution in [1.29, 1.82) is 0 Å². The quantitative estimate of drug-likeness (QED) is 0.888. The monoisotopic (exact) mass is 296 g/mol. The van der Waals surface area contributed by atoms with Crippen molar-refractivity contribution in [3.05, 3.63) is 65.5 Å². The highest BCUT2D eigenvalue weighted by molar-refractivity contribution is 5.93. The highest BCUT2D eigenvalue weighted by atomic mass is 16.4. The van der Waals surface area contributed by atoms with E-state index in [9.17, 15) is 9.59 Å². The Bertz CT molecular complexity index is 689. The molecule has 0 saturated heterocycles. The Kier molecular flexibility index (Phi) is 5.03. The fourth-order valence-corrected chi connectivity index (χ4v) is 1.79. The van der Waals surface area contributed by atoms with Gasteiger partial charge in [-0.15, -0.1) is 0 Å². The fraction of sp³-hybridized carbons (Fsp3) is 0.118. The molecule has 2 N–H and O–H groups in total. The normalized spacial score (nSPS) is 10.6. The van der Waals surface area contributed by atoms with Crippen LogP contribution in [0.1, 0.15) is 28.0 Å². The molecule has 1 heterocycles. The first-order chi connectivity index (χ1) is 10.5. The number of aryl methyl sites for hydroxylation is 1. The second-order valence-electron chi connectivity index (χ2n) is 4.77. The predicted molar refractivity (Wildman–Crippen MR) is 84.7 cm³/mol. The van der Waals surface area contributed by atoms with Gasteiger partial charge in [-0.1, -0.05) is 18.2 Å². The molecule has 0 fully saturated rings. The molecule has 1 amide bonds. The highest BCUT2D eigenvalue weighted by Crippen LogP contribution is 2.10. The zero-order chi connectivity index (χ0) is 15.9. The van der Waals surface area contributed by atoms with Gasteiger partial charge in [-0.2, -0.15) is 0 Å². The van der Waals surface area contributed by atoms with Gasteiger partial charge in [0.05, 0.1) is 5.56 Å². The summed E-state index contributed by atoms with van der Waals surface area (Å²) in [7, 11) is 0. The number of hydrogen-bond donors (Lipinski definition) is 2. The molecule has 112 valence electrons. The van der Waals surface area contributed by atoms with Gasteiger partial charge in [0.25, 0.3) is 0 Å². The van der Waals surface area contributed by atoms with E-state index in [0.29, 0.717) is 5.69 Å².